The molecule has 0 aromatic carbocycles. The van der Waals surface area contributed by atoms with Crippen molar-refractivity contribution in [3.05, 3.63) is 0 Å². The van der Waals surface area contributed by atoms with Gasteiger partial charge in [0.25, 0.3) is 0 Å². The van der Waals surface area contributed by atoms with Crippen molar-refractivity contribution in [2.45, 2.75) is 24.5 Å². The van der Waals surface area contributed by atoms with E-state index < -0.39 is 0 Å². The zero-order valence-electron chi connectivity index (χ0n) is 7.08. The Hall–Kier alpha value is -0.220. The molecule has 0 aromatic rings. The Morgan fingerprint density at radius 3 is 3.08 bits per heavy atom. The molecule has 1 aliphatic heterocycles. The molecule has 0 aromatic heterocycles. The van der Waals surface area contributed by atoms with E-state index in [9.17, 15) is 4.79 Å². The third-order valence-corrected chi connectivity index (χ3v) is 3.23. The molecule has 3 nitrogen and oxygen atoms in total. The van der Waals surface area contributed by atoms with Crippen LogP contribution in [0.25, 0.3) is 0 Å². The van der Waals surface area contributed by atoms with Crippen LogP contribution in [-0.2, 0) is 4.79 Å². The first-order valence-corrected chi connectivity index (χ1v) is 5.39. The SMILES string of the molecule is O=C(NCCCO)C1CCCS1. The molecule has 0 bridgehead atoms. The Bertz CT molecular complexity index is 146. The molecular formula is C8H15NO2S. The average Bonchev–Trinajstić information content (AvgIpc) is 2.56. The van der Waals surface area contributed by atoms with Gasteiger partial charge in [-0.15, -0.1) is 11.8 Å². The summed E-state index contributed by atoms with van der Waals surface area (Å²) in [7, 11) is 0. The predicted molar refractivity (Wildman–Crippen MR) is 50.2 cm³/mol. The summed E-state index contributed by atoms with van der Waals surface area (Å²) in [6.07, 6.45) is 2.82. The van der Waals surface area contributed by atoms with Gasteiger partial charge in [0.1, 0.15) is 0 Å². The molecule has 0 aliphatic carbocycles. The van der Waals surface area contributed by atoms with E-state index in [1.54, 1.807) is 11.8 Å². The number of aliphatic hydroxyl groups is 1. The molecule has 1 saturated heterocycles. The number of aliphatic hydroxyl groups excluding tert-OH is 1. The highest BCUT2D eigenvalue weighted by Gasteiger charge is 2.22. The van der Waals surface area contributed by atoms with Gasteiger partial charge >= 0.3 is 0 Å². The minimum absolute atomic E-state index is 0.144. The van der Waals surface area contributed by atoms with E-state index in [2.05, 4.69) is 5.32 Å². The number of hydrogen-bond donors (Lipinski definition) is 2. The fraction of sp³-hybridized carbons (Fsp3) is 0.875. The highest BCUT2D eigenvalue weighted by molar-refractivity contribution is 8.00. The molecule has 12 heavy (non-hydrogen) atoms. The van der Waals surface area contributed by atoms with E-state index in [4.69, 9.17) is 5.11 Å². The van der Waals surface area contributed by atoms with Crippen LogP contribution in [0.15, 0.2) is 0 Å². The lowest BCUT2D eigenvalue weighted by Gasteiger charge is -2.08. The Balaban J connectivity index is 2.10. The van der Waals surface area contributed by atoms with Crippen molar-refractivity contribution in [1.82, 2.24) is 5.32 Å². The summed E-state index contributed by atoms with van der Waals surface area (Å²) in [6, 6.07) is 0. The van der Waals surface area contributed by atoms with Crippen LogP contribution in [0.1, 0.15) is 19.3 Å². The van der Waals surface area contributed by atoms with Gasteiger partial charge in [0, 0.05) is 13.2 Å². The van der Waals surface area contributed by atoms with Gasteiger partial charge in [-0.25, -0.2) is 0 Å². The van der Waals surface area contributed by atoms with E-state index in [1.807, 2.05) is 0 Å². The Kier molecular flexibility index (Phi) is 4.46. The van der Waals surface area contributed by atoms with E-state index in [-0.39, 0.29) is 17.8 Å². The topological polar surface area (TPSA) is 49.3 Å². The zero-order chi connectivity index (χ0) is 8.81. The van der Waals surface area contributed by atoms with Crippen molar-refractivity contribution in [1.29, 1.82) is 0 Å². The molecule has 2 N–H and O–H groups in total. The van der Waals surface area contributed by atoms with Crippen LogP contribution in [0.4, 0.5) is 0 Å². The fourth-order valence-electron chi connectivity index (χ4n) is 1.19. The van der Waals surface area contributed by atoms with Crippen LogP contribution < -0.4 is 5.32 Å². The molecule has 70 valence electrons. The van der Waals surface area contributed by atoms with E-state index in [0.717, 1.165) is 18.6 Å². The number of carbonyl (C=O) groups is 1. The summed E-state index contributed by atoms with van der Waals surface area (Å²) in [5.41, 5.74) is 0. The van der Waals surface area contributed by atoms with Crippen LogP contribution in [-0.4, -0.2) is 35.2 Å². The number of hydrogen-bond acceptors (Lipinski definition) is 3. The van der Waals surface area contributed by atoms with E-state index in [1.165, 1.54) is 0 Å². The summed E-state index contributed by atoms with van der Waals surface area (Å²) >= 11 is 1.73. The molecule has 1 fully saturated rings. The van der Waals surface area contributed by atoms with Crippen molar-refractivity contribution in [3.63, 3.8) is 0 Å². The summed E-state index contributed by atoms with van der Waals surface area (Å²) < 4.78 is 0. The summed E-state index contributed by atoms with van der Waals surface area (Å²) in [5, 5.41) is 11.5. The van der Waals surface area contributed by atoms with Crippen molar-refractivity contribution in [3.8, 4) is 0 Å². The van der Waals surface area contributed by atoms with Crippen molar-refractivity contribution < 1.29 is 9.90 Å². The second-order valence-electron chi connectivity index (χ2n) is 2.87. The Labute approximate surface area is 76.9 Å². The summed E-state index contributed by atoms with van der Waals surface area (Å²) in [6.45, 7) is 0.754. The van der Waals surface area contributed by atoms with Crippen LogP contribution in [0.3, 0.4) is 0 Å². The van der Waals surface area contributed by atoms with Crippen molar-refractivity contribution in [2.24, 2.45) is 0 Å². The Morgan fingerprint density at radius 1 is 1.67 bits per heavy atom. The van der Waals surface area contributed by atoms with E-state index in [0.29, 0.717) is 13.0 Å². The summed E-state index contributed by atoms with van der Waals surface area (Å²) in [5.74, 6) is 1.25. The summed E-state index contributed by atoms with van der Waals surface area (Å²) in [4.78, 5) is 11.3. The number of nitrogens with one attached hydrogen (secondary N) is 1. The van der Waals surface area contributed by atoms with Crippen LogP contribution in [0.2, 0.25) is 0 Å². The number of carbonyl (C=O) groups excluding carboxylic acids is 1. The van der Waals surface area contributed by atoms with Gasteiger partial charge in [0.15, 0.2) is 0 Å². The smallest absolute Gasteiger partial charge is 0.233 e. The number of thioether (sulfide) groups is 1. The normalized spacial score (nSPS) is 22.6. The third kappa shape index (κ3) is 3.03. The van der Waals surface area contributed by atoms with Gasteiger partial charge in [0.05, 0.1) is 5.25 Å². The minimum atomic E-state index is 0.144. The molecule has 0 spiro atoms. The molecule has 1 rings (SSSR count). The largest absolute Gasteiger partial charge is 0.396 e. The van der Waals surface area contributed by atoms with Gasteiger partial charge in [-0.2, -0.15) is 0 Å². The fourth-order valence-corrected chi connectivity index (χ4v) is 2.37. The second kappa shape index (κ2) is 5.43. The van der Waals surface area contributed by atoms with Gasteiger partial charge in [-0.3, -0.25) is 4.79 Å². The maximum absolute atomic E-state index is 11.3. The highest BCUT2D eigenvalue weighted by Crippen LogP contribution is 2.25. The van der Waals surface area contributed by atoms with Crippen LogP contribution >= 0.6 is 11.8 Å². The molecule has 4 heteroatoms. The zero-order valence-corrected chi connectivity index (χ0v) is 7.90. The first kappa shape index (κ1) is 9.86. The lowest BCUT2D eigenvalue weighted by molar-refractivity contribution is -0.120. The molecule has 1 unspecified atom stereocenters. The van der Waals surface area contributed by atoms with Crippen LogP contribution in [0.5, 0.6) is 0 Å². The maximum atomic E-state index is 11.3. The average molecular weight is 189 g/mol. The Morgan fingerprint density at radius 2 is 2.50 bits per heavy atom. The molecule has 1 heterocycles. The van der Waals surface area contributed by atoms with Gasteiger partial charge in [-0.1, -0.05) is 0 Å². The van der Waals surface area contributed by atoms with Gasteiger partial charge < -0.3 is 10.4 Å². The first-order chi connectivity index (χ1) is 5.84. The van der Waals surface area contributed by atoms with Crippen LogP contribution in [0, 0.1) is 0 Å². The predicted octanol–water partition coefficient (Wildman–Crippen LogP) is 0.381. The molecule has 1 aliphatic rings. The maximum Gasteiger partial charge on any atom is 0.233 e. The quantitative estimate of drug-likeness (QED) is 0.629. The lowest BCUT2D eigenvalue weighted by Crippen LogP contribution is -2.32. The molecule has 0 saturated carbocycles. The highest BCUT2D eigenvalue weighted by atomic mass is 32.2. The van der Waals surface area contributed by atoms with Crippen molar-refractivity contribution in [2.75, 3.05) is 18.9 Å². The van der Waals surface area contributed by atoms with Gasteiger partial charge in [-0.05, 0) is 25.0 Å². The lowest BCUT2D eigenvalue weighted by atomic mass is 10.2. The third-order valence-electron chi connectivity index (χ3n) is 1.86. The first-order valence-electron chi connectivity index (χ1n) is 4.35. The van der Waals surface area contributed by atoms with Gasteiger partial charge in [0.2, 0.25) is 5.91 Å². The molecular weight excluding hydrogens is 174 g/mol. The minimum Gasteiger partial charge on any atom is -0.396 e. The number of rotatable bonds is 4. The molecule has 0 radical (unpaired) electrons. The number of amides is 1. The van der Waals surface area contributed by atoms with Crippen molar-refractivity contribution >= 4 is 17.7 Å². The van der Waals surface area contributed by atoms with E-state index >= 15 is 0 Å². The second-order valence-corrected chi connectivity index (χ2v) is 4.18. The molecule has 1 atom stereocenters. The standard InChI is InChI=1S/C8H15NO2S/c10-5-2-4-9-8(11)7-3-1-6-12-7/h7,10H,1-6H2,(H,9,11). The monoisotopic (exact) mass is 189 g/mol. The molecule has 1 amide bonds.